The number of pyridine rings is 1. The second-order valence-corrected chi connectivity index (χ2v) is 15.9. The summed E-state index contributed by atoms with van der Waals surface area (Å²) in [5, 5.41) is 32.0. The van der Waals surface area contributed by atoms with Gasteiger partial charge in [0.25, 0.3) is 0 Å². The van der Waals surface area contributed by atoms with Crippen LogP contribution in [0.2, 0.25) is 5.02 Å². The molecule has 1 aromatic heterocycles. The summed E-state index contributed by atoms with van der Waals surface area (Å²) in [6, 6.07) is 0.986. The molecule has 240 valence electrons. The zero-order chi connectivity index (χ0) is 32.3. The number of carbonyl (C=O) groups is 3. The summed E-state index contributed by atoms with van der Waals surface area (Å²) in [6.45, 7) is 2.41. The molecule has 11 nitrogen and oxygen atoms in total. The topological polar surface area (TPSA) is 152 Å². The molecule has 1 saturated carbocycles. The first kappa shape index (κ1) is 32.4. The average molecular weight is 715 g/mol. The molecule has 17 heteroatoms. The Kier molecular flexibility index (Phi) is 9.08. The van der Waals surface area contributed by atoms with E-state index in [-0.39, 0.29) is 39.8 Å². The first-order valence-electron chi connectivity index (χ1n) is 14.2. The number of anilines is 1. The number of amides is 1. The maximum absolute atomic E-state index is 15.5. The molecular formula is C28H28ClFN4O7S4. The van der Waals surface area contributed by atoms with Crippen LogP contribution >= 0.6 is 59.1 Å². The van der Waals surface area contributed by atoms with E-state index in [1.165, 1.54) is 53.3 Å². The number of aromatic nitrogens is 1. The molecule has 2 saturated heterocycles. The second kappa shape index (κ2) is 12.6. The van der Waals surface area contributed by atoms with Gasteiger partial charge in [0.15, 0.2) is 5.70 Å². The van der Waals surface area contributed by atoms with Crippen molar-refractivity contribution in [3.8, 4) is 0 Å². The van der Waals surface area contributed by atoms with Crippen molar-refractivity contribution in [3.63, 3.8) is 0 Å². The van der Waals surface area contributed by atoms with Crippen LogP contribution in [0, 0.1) is 11.7 Å². The largest absolute Gasteiger partial charge is 0.477 e. The number of rotatable bonds is 10. The number of thioether (sulfide) groups is 3. The lowest BCUT2D eigenvalue weighted by atomic mass is 9.92. The zero-order valence-electron chi connectivity index (χ0n) is 23.7. The number of nitrogens with zero attached hydrogens (tertiary/aromatic N) is 3. The van der Waals surface area contributed by atoms with Crippen molar-refractivity contribution in [2.45, 2.75) is 49.7 Å². The number of hydrogen-bond acceptors (Lipinski definition) is 10. The maximum Gasteiger partial charge on any atom is 0.354 e. The fraction of sp³-hybridized carbons (Fsp3) is 0.464. The number of benzene rings is 1. The van der Waals surface area contributed by atoms with Crippen LogP contribution in [0.15, 0.2) is 27.0 Å². The number of aliphatic hydroxyl groups is 1. The Morgan fingerprint density at radius 3 is 2.60 bits per heavy atom. The molecule has 4 atom stereocenters. The Morgan fingerprint density at radius 1 is 1.22 bits per heavy atom. The minimum atomic E-state index is -1.37. The highest BCUT2D eigenvalue weighted by Gasteiger charge is 2.57. The van der Waals surface area contributed by atoms with Crippen molar-refractivity contribution in [1.29, 1.82) is 0 Å². The molecule has 2 aromatic rings. The third kappa shape index (κ3) is 5.93. The van der Waals surface area contributed by atoms with Crippen molar-refractivity contribution in [1.82, 2.24) is 14.8 Å². The van der Waals surface area contributed by atoms with Crippen LogP contribution < -0.4 is 15.6 Å². The highest BCUT2D eigenvalue weighted by atomic mass is 35.5. The van der Waals surface area contributed by atoms with E-state index in [0.29, 0.717) is 45.1 Å². The first-order valence-corrected chi connectivity index (χ1v) is 17.8. The molecule has 0 radical (unpaired) electrons. The molecule has 1 amide bonds. The molecule has 4 heterocycles. The number of thiocarbonyl (C=S) groups is 1. The molecule has 1 aromatic carbocycles. The Bertz CT molecular complexity index is 1730. The molecule has 6 rings (SSSR count). The molecule has 4 aliphatic rings. The van der Waals surface area contributed by atoms with Crippen LogP contribution in [0.25, 0.3) is 10.9 Å². The third-order valence-corrected chi connectivity index (χ3v) is 12.7. The minimum absolute atomic E-state index is 0.00174. The number of nitrogens with one attached hydrogen (secondary N) is 1. The van der Waals surface area contributed by atoms with Gasteiger partial charge in [0.2, 0.25) is 11.3 Å². The van der Waals surface area contributed by atoms with Crippen LogP contribution in [0.4, 0.5) is 10.1 Å². The highest BCUT2D eigenvalue weighted by molar-refractivity contribution is 8.25. The smallest absolute Gasteiger partial charge is 0.354 e. The zero-order valence-corrected chi connectivity index (χ0v) is 27.7. The van der Waals surface area contributed by atoms with Gasteiger partial charge in [0, 0.05) is 42.9 Å². The monoisotopic (exact) mass is 714 g/mol. The number of hydrogen-bond donors (Lipinski definition) is 4. The van der Waals surface area contributed by atoms with Gasteiger partial charge in [-0.25, -0.2) is 14.0 Å². The number of carbonyl (C=O) groups excluding carboxylic acids is 1. The maximum atomic E-state index is 15.5. The van der Waals surface area contributed by atoms with Gasteiger partial charge in [-0.1, -0.05) is 47.3 Å². The standard InChI is InChI=1S/C28H28ClFN4O7S4/c1-11(35)17-23(37)34-21(26(40)41)27(45-24(17)34)43-6-7-44-28(42)31-12-4-5-32(9-12)20-16(30)8-14-19(18(20)29)33(13-2-3-13)10-15(22(14)36)25(38)39/h8,10-13,17,24,35H,2-7,9H2,1H3,(H,31,42)(H,38,39)(H,40,41)/t11-,12?,17-,24-/m1/s1. The predicted octanol–water partition coefficient (Wildman–Crippen LogP) is 3.91. The van der Waals surface area contributed by atoms with Gasteiger partial charge in [-0.15, -0.1) is 11.8 Å². The molecule has 4 N–H and O–H groups in total. The summed E-state index contributed by atoms with van der Waals surface area (Å²) in [4.78, 5) is 51.8. The van der Waals surface area contributed by atoms with Crippen LogP contribution in [0.3, 0.4) is 0 Å². The average Bonchev–Trinajstić information content (AvgIpc) is 3.62. The van der Waals surface area contributed by atoms with Crippen molar-refractivity contribution >= 4 is 97.9 Å². The van der Waals surface area contributed by atoms with Crippen molar-refractivity contribution in [2.24, 2.45) is 5.92 Å². The number of β-lactam (4-membered cyclic amide) rings is 1. The predicted molar refractivity (Wildman–Crippen MR) is 178 cm³/mol. The number of aliphatic carboxylic acids is 1. The van der Waals surface area contributed by atoms with Gasteiger partial charge in [-0.3, -0.25) is 14.5 Å². The Hall–Kier alpha value is -2.50. The molecule has 3 fully saturated rings. The van der Waals surface area contributed by atoms with E-state index in [1.807, 2.05) is 0 Å². The summed E-state index contributed by atoms with van der Waals surface area (Å²) in [5.41, 5.74) is -0.726. The van der Waals surface area contributed by atoms with Gasteiger partial charge in [-0.05, 0) is 32.3 Å². The van der Waals surface area contributed by atoms with Crippen molar-refractivity contribution in [3.05, 3.63) is 48.8 Å². The molecule has 45 heavy (non-hydrogen) atoms. The lowest BCUT2D eigenvalue weighted by Gasteiger charge is -2.43. The number of aliphatic hydroxyl groups excluding tert-OH is 1. The lowest BCUT2D eigenvalue weighted by Crippen LogP contribution is -2.60. The summed E-state index contributed by atoms with van der Waals surface area (Å²) >= 11 is 16.3. The van der Waals surface area contributed by atoms with Crippen molar-refractivity contribution in [2.75, 3.05) is 29.5 Å². The van der Waals surface area contributed by atoms with E-state index in [1.54, 1.807) is 9.47 Å². The van der Waals surface area contributed by atoms with E-state index in [9.17, 15) is 34.5 Å². The summed E-state index contributed by atoms with van der Waals surface area (Å²) in [6.07, 6.45) is 2.71. The molecule has 0 spiro atoms. The minimum Gasteiger partial charge on any atom is -0.477 e. The second-order valence-electron chi connectivity index (χ2n) is 11.2. The normalized spacial score (nSPS) is 23.4. The van der Waals surface area contributed by atoms with Crippen LogP contribution in [0.1, 0.15) is 42.6 Å². The molecule has 3 aliphatic heterocycles. The van der Waals surface area contributed by atoms with E-state index in [0.717, 1.165) is 18.9 Å². The van der Waals surface area contributed by atoms with E-state index in [2.05, 4.69) is 5.32 Å². The van der Waals surface area contributed by atoms with Gasteiger partial charge in [-0.2, -0.15) is 0 Å². The Balaban J connectivity index is 1.07. The van der Waals surface area contributed by atoms with Gasteiger partial charge >= 0.3 is 11.9 Å². The van der Waals surface area contributed by atoms with E-state index < -0.39 is 46.1 Å². The van der Waals surface area contributed by atoms with Crippen LogP contribution in [0.5, 0.6) is 0 Å². The van der Waals surface area contributed by atoms with Gasteiger partial charge < -0.3 is 30.1 Å². The van der Waals surface area contributed by atoms with Crippen LogP contribution in [-0.4, -0.2) is 89.1 Å². The number of carboxylic acids is 2. The van der Waals surface area contributed by atoms with Crippen LogP contribution in [-0.2, 0) is 9.59 Å². The number of halogens is 2. The quantitative estimate of drug-likeness (QED) is 0.160. The number of fused-ring (bicyclic) bond motifs is 2. The molecule has 1 aliphatic carbocycles. The number of aromatic carboxylic acids is 1. The molecule has 1 unspecified atom stereocenters. The number of carboxylic acid groups (broad SMARTS) is 2. The Labute approximate surface area is 279 Å². The summed E-state index contributed by atoms with van der Waals surface area (Å²) < 4.78 is 18.2. The van der Waals surface area contributed by atoms with E-state index >= 15 is 4.39 Å². The summed E-state index contributed by atoms with van der Waals surface area (Å²) in [7, 11) is 0. The fourth-order valence-corrected chi connectivity index (χ4v) is 10.5. The Morgan fingerprint density at radius 2 is 1.96 bits per heavy atom. The van der Waals surface area contributed by atoms with Gasteiger partial charge in [0.1, 0.15) is 21.1 Å². The molecular weight excluding hydrogens is 687 g/mol. The highest BCUT2D eigenvalue weighted by Crippen LogP contribution is 2.53. The van der Waals surface area contributed by atoms with E-state index in [4.69, 9.17) is 23.8 Å². The van der Waals surface area contributed by atoms with Crippen molar-refractivity contribution < 1.29 is 34.1 Å². The lowest BCUT2D eigenvalue weighted by molar-refractivity contribution is -0.156. The fourth-order valence-electron chi connectivity index (χ4n) is 5.92. The summed E-state index contributed by atoms with van der Waals surface area (Å²) in [5.74, 6) is -3.13. The third-order valence-electron chi connectivity index (χ3n) is 8.20. The van der Waals surface area contributed by atoms with Gasteiger partial charge in [0.05, 0.1) is 37.9 Å². The first-order chi connectivity index (χ1) is 21.4. The SMILES string of the molecule is C[C@@H](O)[C@@H]1C(=O)N2C(C(=O)O)=C(SCCSC(=S)NC3CCN(c4c(F)cc5c(=O)c(C(=O)O)cn(C6CC6)c5c4Cl)C3)S[C@H]12. The molecule has 0 bridgehead atoms.